The van der Waals surface area contributed by atoms with Gasteiger partial charge in [0.1, 0.15) is 24.3 Å². The monoisotopic (exact) mass is 358 g/mol. The molecule has 0 saturated heterocycles. The summed E-state index contributed by atoms with van der Waals surface area (Å²) in [6.45, 7) is 2.20. The van der Waals surface area contributed by atoms with Crippen LogP contribution in [0.5, 0.6) is 5.75 Å². The minimum atomic E-state index is -3.60. The average molecular weight is 358 g/mol. The molecule has 0 N–H and O–H groups in total. The fourth-order valence-corrected chi connectivity index (χ4v) is 3.42. The first kappa shape index (κ1) is 17.0. The third-order valence-electron chi connectivity index (χ3n) is 3.76. The van der Waals surface area contributed by atoms with E-state index in [4.69, 9.17) is 9.26 Å². The summed E-state index contributed by atoms with van der Waals surface area (Å²) in [7, 11) is -2.07. The molecular formula is C18H18N2O4S. The van der Waals surface area contributed by atoms with Crippen molar-refractivity contribution in [1.82, 2.24) is 5.16 Å². The van der Waals surface area contributed by atoms with E-state index in [0.29, 0.717) is 17.1 Å². The summed E-state index contributed by atoms with van der Waals surface area (Å²) < 4.78 is 36.9. The number of ether oxygens (including phenoxy) is 1. The minimum absolute atomic E-state index is 0.256. The first-order valence-corrected chi connectivity index (χ1v) is 9.08. The highest BCUT2D eigenvalue weighted by Gasteiger charge is 2.21. The number of sulfonamides is 1. The number of hydrogen-bond donors (Lipinski definition) is 0. The van der Waals surface area contributed by atoms with Gasteiger partial charge in [0.05, 0.1) is 10.6 Å². The van der Waals surface area contributed by atoms with Gasteiger partial charge in [-0.15, -0.1) is 0 Å². The van der Waals surface area contributed by atoms with Crippen molar-refractivity contribution in [3.63, 3.8) is 0 Å². The van der Waals surface area contributed by atoms with Gasteiger partial charge in [0.15, 0.2) is 0 Å². The largest absolute Gasteiger partial charge is 0.487 e. The SMILES string of the molecule is Cc1ccc(S(=O)(=O)N(C)c2ccc(OCc3ccon3)cc2)cc1. The van der Waals surface area contributed by atoms with E-state index in [1.54, 1.807) is 54.6 Å². The molecule has 130 valence electrons. The zero-order valence-corrected chi connectivity index (χ0v) is 14.7. The van der Waals surface area contributed by atoms with Crippen molar-refractivity contribution >= 4 is 15.7 Å². The zero-order valence-electron chi connectivity index (χ0n) is 13.9. The molecule has 0 amide bonds. The van der Waals surface area contributed by atoms with Crippen LogP contribution in [-0.4, -0.2) is 20.6 Å². The van der Waals surface area contributed by atoms with E-state index in [9.17, 15) is 8.42 Å². The number of benzene rings is 2. The molecule has 0 aliphatic rings. The summed E-state index contributed by atoms with van der Waals surface area (Å²) in [4.78, 5) is 0.256. The van der Waals surface area contributed by atoms with Crippen LogP contribution in [0.1, 0.15) is 11.3 Å². The Morgan fingerprint density at radius 2 is 1.72 bits per heavy atom. The highest BCUT2D eigenvalue weighted by atomic mass is 32.2. The predicted octanol–water partition coefficient (Wildman–Crippen LogP) is 3.39. The average Bonchev–Trinajstić information content (AvgIpc) is 3.14. The summed E-state index contributed by atoms with van der Waals surface area (Å²) >= 11 is 0. The van der Waals surface area contributed by atoms with Crippen LogP contribution in [0.2, 0.25) is 0 Å². The zero-order chi connectivity index (χ0) is 17.9. The Morgan fingerprint density at radius 1 is 1.04 bits per heavy atom. The van der Waals surface area contributed by atoms with Crippen molar-refractivity contribution in [1.29, 1.82) is 0 Å². The van der Waals surface area contributed by atoms with Crippen LogP contribution in [0.25, 0.3) is 0 Å². The van der Waals surface area contributed by atoms with Crippen LogP contribution in [0.3, 0.4) is 0 Å². The lowest BCUT2D eigenvalue weighted by atomic mass is 10.2. The van der Waals surface area contributed by atoms with E-state index in [0.717, 1.165) is 5.56 Å². The Bertz CT molecular complexity index is 918. The highest BCUT2D eigenvalue weighted by Crippen LogP contribution is 2.24. The van der Waals surface area contributed by atoms with Gasteiger partial charge in [-0.2, -0.15) is 0 Å². The number of nitrogens with zero attached hydrogens (tertiary/aromatic N) is 2. The van der Waals surface area contributed by atoms with Crippen LogP contribution in [0.15, 0.2) is 70.3 Å². The Kier molecular flexibility index (Phi) is 4.76. The lowest BCUT2D eigenvalue weighted by Gasteiger charge is -2.20. The van der Waals surface area contributed by atoms with Crippen LogP contribution < -0.4 is 9.04 Å². The molecule has 1 heterocycles. The van der Waals surface area contributed by atoms with Gasteiger partial charge in [0, 0.05) is 13.1 Å². The van der Waals surface area contributed by atoms with E-state index in [-0.39, 0.29) is 11.5 Å². The Labute approximate surface area is 146 Å². The fourth-order valence-electron chi connectivity index (χ4n) is 2.23. The van der Waals surface area contributed by atoms with Crippen molar-refractivity contribution in [2.24, 2.45) is 0 Å². The van der Waals surface area contributed by atoms with Crippen LogP contribution in [0.4, 0.5) is 5.69 Å². The molecule has 3 rings (SSSR count). The molecule has 0 spiro atoms. The summed E-state index contributed by atoms with van der Waals surface area (Å²) in [6.07, 6.45) is 1.48. The first-order chi connectivity index (χ1) is 12.0. The number of anilines is 1. The van der Waals surface area contributed by atoms with Crippen LogP contribution >= 0.6 is 0 Å². The number of aryl methyl sites for hydroxylation is 1. The molecule has 0 bridgehead atoms. The van der Waals surface area contributed by atoms with E-state index in [2.05, 4.69) is 5.16 Å². The van der Waals surface area contributed by atoms with Gasteiger partial charge < -0.3 is 9.26 Å². The molecule has 2 aromatic carbocycles. The topological polar surface area (TPSA) is 72.6 Å². The molecule has 25 heavy (non-hydrogen) atoms. The molecule has 0 aliphatic heterocycles. The molecule has 0 atom stereocenters. The van der Waals surface area contributed by atoms with Crippen molar-refractivity contribution in [2.75, 3.05) is 11.4 Å². The van der Waals surface area contributed by atoms with Gasteiger partial charge in [0.25, 0.3) is 10.0 Å². The Balaban J connectivity index is 1.73. The van der Waals surface area contributed by atoms with E-state index in [1.807, 2.05) is 6.92 Å². The normalized spacial score (nSPS) is 11.3. The molecule has 3 aromatic rings. The molecule has 0 unspecified atom stereocenters. The van der Waals surface area contributed by atoms with Gasteiger partial charge in [-0.3, -0.25) is 4.31 Å². The van der Waals surface area contributed by atoms with Crippen molar-refractivity contribution in [3.05, 3.63) is 72.1 Å². The second kappa shape index (κ2) is 6.98. The van der Waals surface area contributed by atoms with Crippen LogP contribution in [0, 0.1) is 6.92 Å². The maximum absolute atomic E-state index is 12.7. The van der Waals surface area contributed by atoms with Crippen molar-refractivity contribution < 1.29 is 17.7 Å². The smallest absolute Gasteiger partial charge is 0.264 e. The van der Waals surface area contributed by atoms with E-state index < -0.39 is 10.0 Å². The lowest BCUT2D eigenvalue weighted by molar-refractivity contribution is 0.289. The Hall–Kier alpha value is -2.80. The van der Waals surface area contributed by atoms with Gasteiger partial charge in [-0.05, 0) is 43.3 Å². The molecule has 0 aliphatic carbocycles. The number of hydrogen-bond acceptors (Lipinski definition) is 5. The maximum Gasteiger partial charge on any atom is 0.264 e. The maximum atomic E-state index is 12.7. The molecule has 0 saturated carbocycles. The first-order valence-electron chi connectivity index (χ1n) is 7.64. The van der Waals surface area contributed by atoms with Gasteiger partial charge in [-0.1, -0.05) is 22.9 Å². The summed E-state index contributed by atoms with van der Waals surface area (Å²) in [5.41, 5.74) is 2.24. The standard InChI is InChI=1S/C18H18N2O4S/c1-14-3-9-18(10-4-14)25(21,22)20(2)16-5-7-17(8-6-16)23-13-15-11-12-24-19-15/h3-12H,13H2,1-2H3. The fraction of sp³-hybridized carbons (Fsp3) is 0.167. The summed E-state index contributed by atoms with van der Waals surface area (Å²) in [5, 5.41) is 3.76. The molecule has 1 aromatic heterocycles. The minimum Gasteiger partial charge on any atom is -0.487 e. The van der Waals surface area contributed by atoms with Crippen molar-refractivity contribution in [2.45, 2.75) is 18.4 Å². The molecule has 0 radical (unpaired) electrons. The highest BCUT2D eigenvalue weighted by molar-refractivity contribution is 7.92. The predicted molar refractivity (Wildman–Crippen MR) is 94.0 cm³/mol. The summed E-state index contributed by atoms with van der Waals surface area (Å²) in [6, 6.07) is 15.3. The van der Waals surface area contributed by atoms with E-state index >= 15 is 0 Å². The third kappa shape index (κ3) is 3.83. The van der Waals surface area contributed by atoms with Gasteiger partial charge in [0.2, 0.25) is 0 Å². The summed E-state index contributed by atoms with van der Waals surface area (Å²) in [5.74, 6) is 0.618. The molecule has 7 heteroatoms. The molecular weight excluding hydrogens is 340 g/mol. The second-order valence-electron chi connectivity index (χ2n) is 5.56. The Morgan fingerprint density at radius 3 is 2.32 bits per heavy atom. The van der Waals surface area contributed by atoms with Gasteiger partial charge in [-0.25, -0.2) is 8.42 Å². The van der Waals surface area contributed by atoms with Crippen molar-refractivity contribution in [3.8, 4) is 5.75 Å². The lowest BCUT2D eigenvalue weighted by Crippen LogP contribution is -2.26. The molecule has 0 fully saturated rings. The van der Waals surface area contributed by atoms with Crippen LogP contribution in [-0.2, 0) is 16.6 Å². The van der Waals surface area contributed by atoms with E-state index in [1.165, 1.54) is 17.6 Å². The molecule has 6 nitrogen and oxygen atoms in total. The number of rotatable bonds is 6. The second-order valence-corrected chi connectivity index (χ2v) is 7.53. The third-order valence-corrected chi connectivity index (χ3v) is 5.56. The quantitative estimate of drug-likeness (QED) is 0.675. The van der Waals surface area contributed by atoms with Gasteiger partial charge >= 0.3 is 0 Å². The number of aromatic nitrogens is 1.